The van der Waals surface area contributed by atoms with Crippen molar-refractivity contribution in [3.05, 3.63) is 60.2 Å². The maximum Gasteiger partial charge on any atom is 0.314 e. The van der Waals surface area contributed by atoms with Crippen molar-refractivity contribution >= 4 is 17.6 Å². The third-order valence-electron chi connectivity index (χ3n) is 5.67. The van der Waals surface area contributed by atoms with E-state index < -0.39 is 6.10 Å². The summed E-state index contributed by atoms with van der Waals surface area (Å²) in [5, 5.41) is 2.94. The summed E-state index contributed by atoms with van der Waals surface area (Å²) in [6, 6.07) is 16.9. The summed E-state index contributed by atoms with van der Waals surface area (Å²) in [6.07, 6.45) is 1.56. The molecule has 2 aliphatic heterocycles. The van der Waals surface area contributed by atoms with Crippen molar-refractivity contribution in [2.24, 2.45) is 5.73 Å². The van der Waals surface area contributed by atoms with Gasteiger partial charge in [0.1, 0.15) is 5.75 Å². The molecule has 27 heavy (non-hydrogen) atoms. The van der Waals surface area contributed by atoms with E-state index in [2.05, 4.69) is 11.4 Å². The molecule has 2 aliphatic rings. The van der Waals surface area contributed by atoms with E-state index in [-0.39, 0.29) is 17.4 Å². The summed E-state index contributed by atoms with van der Waals surface area (Å²) < 4.78 is 6.05. The lowest BCUT2D eigenvalue weighted by atomic mass is 9.67. The molecular formula is C21H23N3O3. The Morgan fingerprint density at radius 2 is 1.70 bits per heavy atom. The third-order valence-corrected chi connectivity index (χ3v) is 5.67. The number of piperidine rings is 1. The molecule has 1 fully saturated rings. The van der Waals surface area contributed by atoms with E-state index in [0.29, 0.717) is 19.5 Å². The van der Waals surface area contributed by atoms with Crippen LogP contribution < -0.4 is 15.8 Å². The lowest BCUT2D eigenvalue weighted by Gasteiger charge is -2.46. The van der Waals surface area contributed by atoms with Crippen LogP contribution in [0.25, 0.3) is 0 Å². The number of para-hydroxylation sites is 2. The minimum absolute atomic E-state index is 0.146. The van der Waals surface area contributed by atoms with Gasteiger partial charge in [-0.3, -0.25) is 4.79 Å². The molecule has 0 aliphatic carbocycles. The number of nitrogens with zero attached hydrogens (tertiary/aromatic N) is 1. The van der Waals surface area contributed by atoms with Gasteiger partial charge in [-0.2, -0.15) is 0 Å². The van der Waals surface area contributed by atoms with Crippen LogP contribution in [0.15, 0.2) is 54.6 Å². The molecule has 1 spiro atoms. The van der Waals surface area contributed by atoms with Crippen LogP contribution in [0, 0.1) is 0 Å². The molecule has 6 heteroatoms. The Morgan fingerprint density at radius 3 is 2.41 bits per heavy atom. The van der Waals surface area contributed by atoms with Gasteiger partial charge in [-0.1, -0.05) is 36.4 Å². The van der Waals surface area contributed by atoms with E-state index in [1.165, 1.54) is 0 Å². The van der Waals surface area contributed by atoms with Crippen LogP contribution in [0.5, 0.6) is 5.75 Å². The van der Waals surface area contributed by atoms with E-state index in [1.54, 1.807) is 4.90 Å². The van der Waals surface area contributed by atoms with E-state index in [9.17, 15) is 9.59 Å². The molecule has 0 bridgehead atoms. The van der Waals surface area contributed by atoms with Gasteiger partial charge in [0, 0.05) is 36.2 Å². The van der Waals surface area contributed by atoms with Crippen LogP contribution in [0.3, 0.4) is 0 Å². The number of carbonyl (C=O) groups excluding carboxylic acids is 2. The summed E-state index contributed by atoms with van der Waals surface area (Å²) in [5.41, 5.74) is 7.13. The quantitative estimate of drug-likeness (QED) is 0.858. The minimum Gasteiger partial charge on any atom is -0.480 e. The van der Waals surface area contributed by atoms with Gasteiger partial charge in [-0.15, -0.1) is 0 Å². The van der Waals surface area contributed by atoms with Crippen LogP contribution in [-0.4, -0.2) is 36.0 Å². The van der Waals surface area contributed by atoms with Gasteiger partial charge in [-0.25, -0.2) is 4.79 Å². The van der Waals surface area contributed by atoms with Crippen molar-refractivity contribution in [1.29, 1.82) is 0 Å². The predicted octanol–water partition coefficient (Wildman–Crippen LogP) is 2.89. The second-order valence-electron chi connectivity index (χ2n) is 7.27. The van der Waals surface area contributed by atoms with E-state index in [0.717, 1.165) is 29.8 Å². The first kappa shape index (κ1) is 17.4. The summed E-state index contributed by atoms with van der Waals surface area (Å²) in [5.74, 6) is 0.608. The number of rotatable bonds is 2. The zero-order chi connectivity index (χ0) is 18.9. The number of fused-ring (bicyclic) bond motifs is 2. The average Bonchev–Trinajstić information content (AvgIpc) is 2.69. The highest BCUT2D eigenvalue weighted by atomic mass is 16.5. The van der Waals surface area contributed by atoms with Crippen molar-refractivity contribution < 1.29 is 14.3 Å². The number of nitrogens with one attached hydrogen (secondary N) is 1. The Bertz CT molecular complexity index is 845. The minimum atomic E-state index is -0.569. The molecular weight excluding hydrogens is 342 g/mol. The van der Waals surface area contributed by atoms with Crippen LogP contribution >= 0.6 is 0 Å². The molecule has 2 aromatic carbocycles. The molecule has 2 heterocycles. The standard InChI is InChI=1S/C21H23N3O3/c22-20(26)24-12-10-21(11-13-24)14-18(27-17-9-5-4-8-16(17)21)19(25)23-15-6-2-1-3-7-15/h1-9,18H,10-14H2,(H2,22,26)(H,23,25). The molecule has 3 amide bonds. The number of carbonyl (C=O) groups is 2. The second-order valence-corrected chi connectivity index (χ2v) is 7.27. The topological polar surface area (TPSA) is 84.7 Å². The van der Waals surface area contributed by atoms with Crippen molar-refractivity contribution in [2.45, 2.75) is 30.8 Å². The molecule has 1 unspecified atom stereocenters. The molecule has 140 valence electrons. The number of likely N-dealkylation sites (tertiary alicyclic amines) is 1. The Balaban J connectivity index is 1.58. The SMILES string of the molecule is NC(=O)N1CCC2(CC1)CC(C(=O)Nc1ccccc1)Oc1ccccc12. The van der Waals surface area contributed by atoms with Gasteiger partial charge in [0.25, 0.3) is 5.91 Å². The number of amides is 3. The monoisotopic (exact) mass is 365 g/mol. The predicted molar refractivity (Wildman–Crippen MR) is 103 cm³/mol. The fourth-order valence-electron chi connectivity index (χ4n) is 4.19. The normalized spacial score (nSPS) is 20.4. The van der Waals surface area contributed by atoms with E-state index >= 15 is 0 Å². The molecule has 1 saturated heterocycles. The van der Waals surface area contributed by atoms with Crippen molar-refractivity contribution in [3.63, 3.8) is 0 Å². The number of benzene rings is 2. The fraction of sp³-hybridized carbons (Fsp3) is 0.333. The molecule has 0 radical (unpaired) electrons. The Kier molecular flexibility index (Phi) is 4.48. The number of hydrogen-bond acceptors (Lipinski definition) is 3. The number of nitrogens with two attached hydrogens (primary N) is 1. The van der Waals surface area contributed by atoms with E-state index in [4.69, 9.17) is 10.5 Å². The second kappa shape index (κ2) is 6.95. The molecule has 3 N–H and O–H groups in total. The van der Waals surface area contributed by atoms with Gasteiger partial charge in [0.05, 0.1) is 0 Å². The first-order valence-electron chi connectivity index (χ1n) is 9.24. The number of ether oxygens (including phenoxy) is 1. The molecule has 4 rings (SSSR count). The van der Waals surface area contributed by atoms with Gasteiger partial charge >= 0.3 is 6.03 Å². The maximum atomic E-state index is 12.9. The molecule has 0 saturated carbocycles. The lowest BCUT2D eigenvalue weighted by Crippen LogP contribution is -2.52. The molecule has 2 aromatic rings. The highest BCUT2D eigenvalue weighted by Crippen LogP contribution is 2.47. The summed E-state index contributed by atoms with van der Waals surface area (Å²) >= 11 is 0. The van der Waals surface area contributed by atoms with Gasteiger partial charge in [-0.05, 0) is 31.0 Å². The van der Waals surface area contributed by atoms with Crippen molar-refractivity contribution in [2.75, 3.05) is 18.4 Å². The van der Waals surface area contributed by atoms with Crippen molar-refractivity contribution in [3.8, 4) is 5.75 Å². The highest BCUT2D eigenvalue weighted by molar-refractivity contribution is 5.94. The summed E-state index contributed by atoms with van der Waals surface area (Å²) in [6.45, 7) is 1.19. The third kappa shape index (κ3) is 3.35. The Labute approximate surface area is 158 Å². The number of anilines is 1. The molecule has 6 nitrogen and oxygen atoms in total. The zero-order valence-electron chi connectivity index (χ0n) is 15.1. The fourth-order valence-corrected chi connectivity index (χ4v) is 4.19. The maximum absolute atomic E-state index is 12.9. The molecule has 0 aromatic heterocycles. The summed E-state index contributed by atoms with van der Waals surface area (Å²) in [4.78, 5) is 26.0. The largest absolute Gasteiger partial charge is 0.480 e. The van der Waals surface area contributed by atoms with Crippen molar-refractivity contribution in [1.82, 2.24) is 4.90 Å². The first-order valence-corrected chi connectivity index (χ1v) is 9.24. The van der Waals surface area contributed by atoms with Crippen LogP contribution in [-0.2, 0) is 10.2 Å². The van der Waals surface area contributed by atoms with Gasteiger partial charge < -0.3 is 20.7 Å². The summed E-state index contributed by atoms with van der Waals surface area (Å²) in [7, 11) is 0. The van der Waals surface area contributed by atoms with Crippen LogP contribution in [0.4, 0.5) is 10.5 Å². The highest BCUT2D eigenvalue weighted by Gasteiger charge is 2.46. The number of primary amides is 1. The van der Waals surface area contributed by atoms with Crippen LogP contribution in [0.2, 0.25) is 0 Å². The van der Waals surface area contributed by atoms with Gasteiger partial charge in [0.2, 0.25) is 0 Å². The Morgan fingerprint density at radius 1 is 1.04 bits per heavy atom. The first-order chi connectivity index (χ1) is 13.1. The molecule has 1 atom stereocenters. The van der Waals surface area contributed by atoms with Gasteiger partial charge in [0.15, 0.2) is 6.10 Å². The zero-order valence-corrected chi connectivity index (χ0v) is 15.1. The lowest BCUT2D eigenvalue weighted by molar-refractivity contribution is -0.124. The number of hydrogen-bond donors (Lipinski definition) is 2. The average molecular weight is 365 g/mol. The number of urea groups is 1. The van der Waals surface area contributed by atoms with E-state index in [1.807, 2.05) is 48.5 Å². The Hall–Kier alpha value is -3.02. The van der Waals surface area contributed by atoms with Crippen LogP contribution in [0.1, 0.15) is 24.8 Å². The smallest absolute Gasteiger partial charge is 0.314 e.